The van der Waals surface area contributed by atoms with Gasteiger partial charge in [-0.1, -0.05) is 13.8 Å². The normalized spacial score (nSPS) is 14.8. The van der Waals surface area contributed by atoms with E-state index in [1.54, 1.807) is 0 Å². The van der Waals surface area contributed by atoms with Gasteiger partial charge >= 0.3 is 11.9 Å². The molecule has 6 heteroatoms. The topological polar surface area (TPSA) is 95.4 Å². The van der Waals surface area contributed by atoms with Gasteiger partial charge in [0.15, 0.2) is 0 Å². The molecule has 15 heavy (non-hydrogen) atoms. The first-order chi connectivity index (χ1) is 6.88. The van der Waals surface area contributed by atoms with E-state index in [2.05, 4.69) is 17.4 Å². The van der Waals surface area contributed by atoms with Crippen LogP contribution in [-0.2, 0) is 14.3 Å². The van der Waals surface area contributed by atoms with Gasteiger partial charge in [-0.2, -0.15) is 12.6 Å². The standard InChI is InChI=1S/C9H18N2O3S/c1-5(2)3-6(10)8(12)14-9(13)7(11)4-15/h5-7,15H,3-4,10-11H2,1-2H3/t6-,7-/m0/s1. The van der Waals surface area contributed by atoms with Crippen molar-refractivity contribution < 1.29 is 14.3 Å². The van der Waals surface area contributed by atoms with Crippen LogP contribution < -0.4 is 11.5 Å². The molecule has 0 aromatic heterocycles. The van der Waals surface area contributed by atoms with Gasteiger partial charge in [-0.05, 0) is 12.3 Å². The minimum absolute atomic E-state index is 0.130. The van der Waals surface area contributed by atoms with Crippen molar-refractivity contribution >= 4 is 24.6 Å². The van der Waals surface area contributed by atoms with Crippen molar-refractivity contribution in [3.63, 3.8) is 0 Å². The molecule has 0 saturated heterocycles. The molecular weight excluding hydrogens is 216 g/mol. The van der Waals surface area contributed by atoms with Gasteiger partial charge in [0, 0.05) is 5.75 Å². The zero-order valence-electron chi connectivity index (χ0n) is 8.97. The first-order valence-corrected chi connectivity index (χ1v) is 5.39. The summed E-state index contributed by atoms with van der Waals surface area (Å²) in [6.07, 6.45) is 0.474. The second kappa shape index (κ2) is 6.81. The molecule has 0 fully saturated rings. The van der Waals surface area contributed by atoms with Crippen molar-refractivity contribution in [2.24, 2.45) is 17.4 Å². The quantitative estimate of drug-likeness (QED) is 0.344. The smallest absolute Gasteiger partial charge is 0.331 e. The van der Waals surface area contributed by atoms with Gasteiger partial charge in [0.1, 0.15) is 12.1 Å². The third kappa shape index (κ3) is 5.76. The summed E-state index contributed by atoms with van der Waals surface area (Å²) in [7, 11) is 0. The highest BCUT2D eigenvalue weighted by Crippen LogP contribution is 2.04. The summed E-state index contributed by atoms with van der Waals surface area (Å²) in [4.78, 5) is 22.4. The van der Waals surface area contributed by atoms with Crippen molar-refractivity contribution in [3.8, 4) is 0 Å². The molecule has 88 valence electrons. The molecule has 0 heterocycles. The molecule has 0 aromatic rings. The van der Waals surface area contributed by atoms with Gasteiger partial charge in [-0.25, -0.2) is 9.59 Å². The Labute approximate surface area is 94.9 Å². The summed E-state index contributed by atoms with van der Waals surface area (Å²) in [5, 5.41) is 0. The van der Waals surface area contributed by atoms with Crippen LogP contribution in [0.5, 0.6) is 0 Å². The van der Waals surface area contributed by atoms with Crippen LogP contribution in [0.4, 0.5) is 0 Å². The van der Waals surface area contributed by atoms with E-state index in [0.29, 0.717) is 6.42 Å². The van der Waals surface area contributed by atoms with Gasteiger partial charge in [0.2, 0.25) is 0 Å². The zero-order chi connectivity index (χ0) is 12.0. The van der Waals surface area contributed by atoms with Crippen LogP contribution in [0.25, 0.3) is 0 Å². The molecule has 0 aromatic carbocycles. The van der Waals surface area contributed by atoms with Crippen molar-refractivity contribution in [2.45, 2.75) is 32.4 Å². The lowest BCUT2D eigenvalue weighted by Crippen LogP contribution is -2.40. The molecule has 2 atom stereocenters. The Morgan fingerprint density at radius 1 is 1.20 bits per heavy atom. The fourth-order valence-corrected chi connectivity index (χ4v) is 1.08. The summed E-state index contributed by atoms with van der Waals surface area (Å²) in [6, 6.07) is -1.66. The number of thiol groups is 1. The summed E-state index contributed by atoms with van der Waals surface area (Å²) in [5.41, 5.74) is 10.8. The fourth-order valence-electron chi connectivity index (χ4n) is 0.929. The third-order valence-electron chi connectivity index (χ3n) is 1.73. The van der Waals surface area contributed by atoms with E-state index in [-0.39, 0.29) is 11.7 Å². The highest BCUT2D eigenvalue weighted by Gasteiger charge is 2.22. The summed E-state index contributed by atoms with van der Waals surface area (Å²) < 4.78 is 4.49. The number of carbonyl (C=O) groups is 2. The maximum Gasteiger partial charge on any atom is 0.331 e. The van der Waals surface area contributed by atoms with Crippen molar-refractivity contribution in [1.82, 2.24) is 0 Å². The molecule has 0 amide bonds. The largest absolute Gasteiger partial charge is 0.391 e. The van der Waals surface area contributed by atoms with Crippen molar-refractivity contribution in [2.75, 3.05) is 5.75 Å². The molecule has 0 aliphatic carbocycles. The minimum Gasteiger partial charge on any atom is -0.391 e. The maximum atomic E-state index is 11.3. The molecule has 0 spiro atoms. The van der Waals surface area contributed by atoms with E-state index in [9.17, 15) is 9.59 Å². The monoisotopic (exact) mass is 234 g/mol. The molecule has 0 rings (SSSR count). The lowest BCUT2D eigenvalue weighted by atomic mass is 10.1. The maximum absolute atomic E-state index is 11.3. The summed E-state index contributed by atoms with van der Waals surface area (Å²) in [5.74, 6) is -1.12. The number of nitrogens with two attached hydrogens (primary N) is 2. The number of hydrogen-bond donors (Lipinski definition) is 3. The fraction of sp³-hybridized carbons (Fsp3) is 0.778. The van der Waals surface area contributed by atoms with Gasteiger partial charge in [-0.15, -0.1) is 0 Å². The van der Waals surface area contributed by atoms with E-state index in [4.69, 9.17) is 11.5 Å². The highest BCUT2D eigenvalue weighted by molar-refractivity contribution is 7.80. The Hall–Kier alpha value is -0.590. The SMILES string of the molecule is CC(C)C[C@H](N)C(=O)OC(=O)[C@@H](N)CS. The Morgan fingerprint density at radius 3 is 2.07 bits per heavy atom. The van der Waals surface area contributed by atoms with Gasteiger partial charge < -0.3 is 16.2 Å². The molecule has 0 unspecified atom stereocenters. The Morgan fingerprint density at radius 2 is 1.67 bits per heavy atom. The summed E-state index contributed by atoms with van der Waals surface area (Å²) in [6.45, 7) is 3.85. The molecule has 0 saturated carbocycles. The average Bonchev–Trinajstić information content (AvgIpc) is 2.15. The van der Waals surface area contributed by atoms with Gasteiger partial charge in [0.25, 0.3) is 0 Å². The van der Waals surface area contributed by atoms with Gasteiger partial charge in [-0.3, -0.25) is 0 Å². The molecule has 0 aliphatic rings. The third-order valence-corrected chi connectivity index (χ3v) is 2.12. The molecule has 0 bridgehead atoms. The lowest BCUT2D eigenvalue weighted by Gasteiger charge is -2.13. The molecule has 0 radical (unpaired) electrons. The second-order valence-electron chi connectivity index (χ2n) is 3.77. The van der Waals surface area contributed by atoms with Crippen molar-refractivity contribution in [1.29, 1.82) is 0 Å². The van der Waals surface area contributed by atoms with E-state index >= 15 is 0 Å². The van der Waals surface area contributed by atoms with Crippen LogP contribution in [0.2, 0.25) is 0 Å². The first-order valence-electron chi connectivity index (χ1n) is 4.76. The van der Waals surface area contributed by atoms with E-state index < -0.39 is 24.0 Å². The average molecular weight is 234 g/mol. The number of ether oxygens (including phenoxy) is 1. The van der Waals surface area contributed by atoms with Crippen LogP contribution in [0.1, 0.15) is 20.3 Å². The minimum atomic E-state index is -0.886. The van der Waals surface area contributed by atoms with Crippen molar-refractivity contribution in [3.05, 3.63) is 0 Å². The number of hydrogen-bond acceptors (Lipinski definition) is 6. The number of rotatable bonds is 5. The Balaban J connectivity index is 4.07. The Bertz CT molecular complexity index is 233. The van der Waals surface area contributed by atoms with Crippen LogP contribution in [0, 0.1) is 5.92 Å². The van der Waals surface area contributed by atoms with E-state index in [1.807, 2.05) is 13.8 Å². The predicted molar refractivity (Wildman–Crippen MR) is 60.4 cm³/mol. The molecule has 4 N–H and O–H groups in total. The zero-order valence-corrected chi connectivity index (χ0v) is 9.87. The molecule has 5 nitrogen and oxygen atoms in total. The van der Waals surface area contributed by atoms with Crippen LogP contribution in [0.15, 0.2) is 0 Å². The number of carbonyl (C=O) groups excluding carboxylic acids is 2. The van der Waals surface area contributed by atoms with Crippen LogP contribution in [-0.4, -0.2) is 29.8 Å². The summed E-state index contributed by atoms with van der Waals surface area (Å²) >= 11 is 3.82. The molecular formula is C9H18N2O3S. The van der Waals surface area contributed by atoms with Crippen LogP contribution >= 0.6 is 12.6 Å². The van der Waals surface area contributed by atoms with E-state index in [1.165, 1.54) is 0 Å². The lowest BCUT2D eigenvalue weighted by molar-refractivity contribution is -0.161. The number of esters is 2. The van der Waals surface area contributed by atoms with Gasteiger partial charge in [0.05, 0.1) is 0 Å². The van der Waals surface area contributed by atoms with Crippen LogP contribution in [0.3, 0.4) is 0 Å². The molecule has 0 aliphatic heterocycles. The highest BCUT2D eigenvalue weighted by atomic mass is 32.1. The van der Waals surface area contributed by atoms with E-state index in [0.717, 1.165) is 0 Å². The predicted octanol–water partition coefficient (Wildman–Crippen LogP) is -0.313. The first kappa shape index (κ1) is 14.4. The Kier molecular flexibility index (Phi) is 6.55. The second-order valence-corrected chi connectivity index (χ2v) is 4.13.